The molecular formula is C17H16O4. The molecule has 0 amide bonds. The Bertz CT molecular complexity index is 836. The van der Waals surface area contributed by atoms with Gasteiger partial charge in [0.1, 0.15) is 22.9 Å². The van der Waals surface area contributed by atoms with Gasteiger partial charge in [-0.1, -0.05) is 0 Å². The standard InChI is InChI=1S/C17H16O4/c1-9-7-14(11(3)20-9)16(18)17-10(2)13-6-5-12(19-4)8-15(13)21-17/h5-8H,1-4H3. The van der Waals surface area contributed by atoms with Crippen LogP contribution in [-0.4, -0.2) is 12.9 Å². The molecule has 2 aromatic heterocycles. The van der Waals surface area contributed by atoms with Crippen LogP contribution in [0.4, 0.5) is 0 Å². The van der Waals surface area contributed by atoms with Crippen LogP contribution >= 0.6 is 0 Å². The van der Waals surface area contributed by atoms with Crippen molar-refractivity contribution in [3.8, 4) is 5.75 Å². The van der Waals surface area contributed by atoms with E-state index in [4.69, 9.17) is 13.6 Å². The molecule has 108 valence electrons. The van der Waals surface area contributed by atoms with Crippen molar-refractivity contribution in [1.82, 2.24) is 0 Å². The summed E-state index contributed by atoms with van der Waals surface area (Å²) in [6, 6.07) is 7.28. The molecule has 0 saturated carbocycles. The van der Waals surface area contributed by atoms with E-state index in [1.54, 1.807) is 26.2 Å². The number of ether oxygens (including phenoxy) is 1. The average Bonchev–Trinajstić information content (AvgIpc) is 2.97. The molecule has 0 spiro atoms. The summed E-state index contributed by atoms with van der Waals surface area (Å²) in [4.78, 5) is 12.6. The van der Waals surface area contributed by atoms with Crippen molar-refractivity contribution in [2.24, 2.45) is 0 Å². The van der Waals surface area contributed by atoms with Crippen LogP contribution in [0.25, 0.3) is 11.0 Å². The number of hydrogen-bond donors (Lipinski definition) is 0. The quantitative estimate of drug-likeness (QED) is 0.677. The predicted molar refractivity (Wildman–Crippen MR) is 79.1 cm³/mol. The summed E-state index contributed by atoms with van der Waals surface area (Å²) in [5.74, 6) is 2.21. The Labute approximate surface area is 122 Å². The van der Waals surface area contributed by atoms with E-state index in [9.17, 15) is 4.79 Å². The fourth-order valence-corrected chi connectivity index (χ4v) is 2.53. The van der Waals surface area contributed by atoms with Crippen molar-refractivity contribution >= 4 is 16.8 Å². The number of carbonyl (C=O) groups excluding carboxylic acids is 1. The molecule has 0 atom stereocenters. The molecule has 4 nitrogen and oxygen atoms in total. The second-order valence-electron chi connectivity index (χ2n) is 5.07. The van der Waals surface area contributed by atoms with Crippen molar-refractivity contribution in [3.63, 3.8) is 0 Å². The van der Waals surface area contributed by atoms with Crippen molar-refractivity contribution in [2.45, 2.75) is 20.8 Å². The Morgan fingerprint density at radius 3 is 2.48 bits per heavy atom. The Morgan fingerprint density at radius 2 is 1.86 bits per heavy atom. The third-order valence-electron chi connectivity index (χ3n) is 3.64. The van der Waals surface area contributed by atoms with E-state index >= 15 is 0 Å². The molecule has 2 heterocycles. The maximum atomic E-state index is 12.6. The highest BCUT2D eigenvalue weighted by Crippen LogP contribution is 2.30. The Morgan fingerprint density at radius 1 is 1.10 bits per heavy atom. The number of methoxy groups -OCH3 is 1. The summed E-state index contributed by atoms with van der Waals surface area (Å²) in [5.41, 5.74) is 2.02. The summed E-state index contributed by atoms with van der Waals surface area (Å²) >= 11 is 0. The van der Waals surface area contributed by atoms with Gasteiger partial charge in [0.2, 0.25) is 5.78 Å². The van der Waals surface area contributed by atoms with Crippen LogP contribution in [-0.2, 0) is 0 Å². The molecule has 0 N–H and O–H groups in total. The second-order valence-corrected chi connectivity index (χ2v) is 5.07. The summed E-state index contributed by atoms with van der Waals surface area (Å²) in [5, 5.41) is 0.914. The smallest absolute Gasteiger partial charge is 0.232 e. The third kappa shape index (κ3) is 2.13. The van der Waals surface area contributed by atoms with Crippen LogP contribution in [0.3, 0.4) is 0 Å². The molecule has 0 aliphatic heterocycles. The van der Waals surface area contributed by atoms with Gasteiger partial charge in [0.05, 0.1) is 12.7 Å². The van der Waals surface area contributed by atoms with E-state index < -0.39 is 0 Å². The first-order valence-electron chi connectivity index (χ1n) is 6.70. The molecule has 0 unspecified atom stereocenters. The third-order valence-corrected chi connectivity index (χ3v) is 3.64. The number of furan rings is 2. The van der Waals surface area contributed by atoms with Crippen molar-refractivity contribution in [3.05, 3.63) is 52.7 Å². The van der Waals surface area contributed by atoms with Gasteiger partial charge in [0, 0.05) is 17.0 Å². The summed E-state index contributed by atoms with van der Waals surface area (Å²) < 4.78 is 16.4. The Kier molecular flexibility index (Phi) is 3.09. The first-order valence-corrected chi connectivity index (χ1v) is 6.70. The van der Waals surface area contributed by atoms with Crippen LogP contribution in [0, 0.1) is 20.8 Å². The molecule has 0 aliphatic carbocycles. The Hall–Kier alpha value is -2.49. The second kappa shape index (κ2) is 4.81. The maximum Gasteiger partial charge on any atom is 0.232 e. The van der Waals surface area contributed by atoms with Gasteiger partial charge in [0.25, 0.3) is 0 Å². The van der Waals surface area contributed by atoms with Gasteiger partial charge in [-0.05, 0) is 39.0 Å². The minimum Gasteiger partial charge on any atom is -0.497 e. The van der Waals surface area contributed by atoms with Crippen molar-refractivity contribution < 1.29 is 18.4 Å². The number of aryl methyl sites for hydroxylation is 3. The summed E-state index contributed by atoms with van der Waals surface area (Å²) in [6.45, 7) is 5.48. The van der Waals surface area contributed by atoms with Gasteiger partial charge in [-0.15, -0.1) is 0 Å². The predicted octanol–water partition coefficient (Wildman–Crippen LogP) is 4.19. The fourth-order valence-electron chi connectivity index (χ4n) is 2.53. The molecule has 0 bridgehead atoms. The lowest BCUT2D eigenvalue weighted by Gasteiger charge is -1.97. The minimum absolute atomic E-state index is 0.156. The molecule has 4 heteroatoms. The maximum absolute atomic E-state index is 12.6. The number of rotatable bonds is 3. The molecule has 21 heavy (non-hydrogen) atoms. The van der Waals surface area contributed by atoms with E-state index in [2.05, 4.69) is 0 Å². The highest BCUT2D eigenvalue weighted by Gasteiger charge is 2.22. The number of fused-ring (bicyclic) bond motifs is 1. The molecule has 1 aromatic carbocycles. The van der Waals surface area contributed by atoms with Gasteiger partial charge in [-0.3, -0.25) is 4.79 Å². The van der Waals surface area contributed by atoms with Crippen LogP contribution in [0.15, 0.2) is 33.1 Å². The number of benzene rings is 1. The monoisotopic (exact) mass is 284 g/mol. The van der Waals surface area contributed by atoms with Gasteiger partial charge >= 0.3 is 0 Å². The normalized spacial score (nSPS) is 11.0. The summed E-state index contributed by atoms with van der Waals surface area (Å²) in [6.07, 6.45) is 0. The zero-order valence-corrected chi connectivity index (χ0v) is 12.4. The summed E-state index contributed by atoms with van der Waals surface area (Å²) in [7, 11) is 1.60. The van der Waals surface area contributed by atoms with Gasteiger partial charge in [0.15, 0.2) is 5.76 Å². The average molecular weight is 284 g/mol. The highest BCUT2D eigenvalue weighted by molar-refractivity contribution is 6.11. The lowest BCUT2D eigenvalue weighted by atomic mass is 10.1. The molecule has 0 aliphatic rings. The zero-order chi connectivity index (χ0) is 15.1. The molecule has 3 rings (SSSR count). The first-order chi connectivity index (χ1) is 10.0. The first kappa shape index (κ1) is 13.5. The van der Waals surface area contributed by atoms with E-state index in [-0.39, 0.29) is 5.78 Å². The van der Waals surface area contributed by atoms with Crippen molar-refractivity contribution in [1.29, 1.82) is 0 Å². The fraction of sp³-hybridized carbons (Fsp3) is 0.235. The number of carbonyl (C=O) groups is 1. The van der Waals surface area contributed by atoms with Gasteiger partial charge < -0.3 is 13.6 Å². The van der Waals surface area contributed by atoms with Crippen LogP contribution in [0.5, 0.6) is 5.75 Å². The largest absolute Gasteiger partial charge is 0.497 e. The van der Waals surface area contributed by atoms with E-state index in [0.717, 1.165) is 10.9 Å². The minimum atomic E-state index is -0.156. The van der Waals surface area contributed by atoms with E-state index in [0.29, 0.717) is 34.2 Å². The lowest BCUT2D eigenvalue weighted by molar-refractivity contribution is 0.101. The molecule has 0 saturated heterocycles. The molecule has 0 fully saturated rings. The van der Waals surface area contributed by atoms with E-state index in [1.807, 2.05) is 26.0 Å². The number of hydrogen-bond acceptors (Lipinski definition) is 4. The molecule has 0 radical (unpaired) electrons. The van der Waals surface area contributed by atoms with Gasteiger partial charge in [-0.25, -0.2) is 0 Å². The van der Waals surface area contributed by atoms with E-state index in [1.165, 1.54) is 0 Å². The SMILES string of the molecule is COc1ccc2c(C)c(C(=O)c3cc(C)oc3C)oc2c1. The molecule has 3 aromatic rings. The molecular weight excluding hydrogens is 268 g/mol. The van der Waals surface area contributed by atoms with Crippen LogP contribution < -0.4 is 4.74 Å². The van der Waals surface area contributed by atoms with Gasteiger partial charge in [-0.2, -0.15) is 0 Å². The topological polar surface area (TPSA) is 52.6 Å². The van der Waals surface area contributed by atoms with Crippen molar-refractivity contribution in [2.75, 3.05) is 7.11 Å². The zero-order valence-electron chi connectivity index (χ0n) is 12.4. The Balaban J connectivity index is 2.14. The highest BCUT2D eigenvalue weighted by atomic mass is 16.5. The lowest BCUT2D eigenvalue weighted by Crippen LogP contribution is -2.01. The number of ketones is 1. The van der Waals surface area contributed by atoms with Crippen LogP contribution in [0.2, 0.25) is 0 Å². The van der Waals surface area contributed by atoms with Crippen LogP contribution in [0.1, 0.15) is 33.2 Å².